The minimum atomic E-state index is -0.518. The van der Waals surface area contributed by atoms with E-state index >= 15 is 0 Å². The third-order valence-corrected chi connectivity index (χ3v) is 2.20. The smallest absolute Gasteiger partial charge is 0.343 e. The van der Waals surface area contributed by atoms with Gasteiger partial charge in [-0.25, -0.2) is 4.79 Å². The molecule has 0 unspecified atom stereocenters. The lowest BCUT2D eigenvalue weighted by atomic mass is 10.2. The van der Waals surface area contributed by atoms with Gasteiger partial charge >= 0.3 is 5.97 Å². The van der Waals surface area contributed by atoms with Crippen molar-refractivity contribution in [3.63, 3.8) is 0 Å². The molecule has 0 aliphatic carbocycles. The van der Waals surface area contributed by atoms with Crippen LogP contribution >= 0.6 is 15.9 Å². The number of carbonyl (C=O) groups excluding carboxylic acids is 1. The van der Waals surface area contributed by atoms with Crippen molar-refractivity contribution in [2.75, 3.05) is 20.0 Å². The lowest BCUT2D eigenvalue weighted by Crippen LogP contribution is -2.07. The number of nitrogens with two attached hydrogens (primary N) is 1. The second-order valence-electron chi connectivity index (χ2n) is 2.40. The molecule has 0 aliphatic rings. The fraction of sp³-hybridized carbons (Fsp3) is 0.250. The van der Waals surface area contributed by atoms with Crippen molar-refractivity contribution >= 4 is 27.7 Å². The number of anilines is 1. The van der Waals surface area contributed by atoms with Gasteiger partial charge in [-0.3, -0.25) is 0 Å². The number of hydrogen-bond donors (Lipinski definition) is 1. The van der Waals surface area contributed by atoms with Crippen LogP contribution in [0.2, 0.25) is 0 Å². The van der Waals surface area contributed by atoms with Gasteiger partial charge in [-0.05, 0) is 22.0 Å². The number of pyridine rings is 1. The van der Waals surface area contributed by atoms with E-state index in [0.29, 0.717) is 4.47 Å². The normalized spacial score (nSPS) is 9.64. The predicted molar refractivity (Wildman–Crippen MR) is 54.2 cm³/mol. The van der Waals surface area contributed by atoms with Crippen LogP contribution in [0.3, 0.4) is 0 Å². The fourth-order valence-electron chi connectivity index (χ4n) is 0.897. The summed E-state index contributed by atoms with van der Waals surface area (Å²) in [4.78, 5) is 15.1. The number of methoxy groups -OCH3 is 2. The van der Waals surface area contributed by atoms with E-state index in [1.807, 2.05) is 0 Å². The van der Waals surface area contributed by atoms with Crippen molar-refractivity contribution in [1.29, 1.82) is 0 Å². The van der Waals surface area contributed by atoms with Crippen LogP contribution in [0.15, 0.2) is 10.5 Å². The monoisotopic (exact) mass is 260 g/mol. The van der Waals surface area contributed by atoms with E-state index in [0.717, 1.165) is 0 Å². The fourth-order valence-corrected chi connectivity index (χ4v) is 1.21. The topological polar surface area (TPSA) is 74.4 Å². The van der Waals surface area contributed by atoms with E-state index in [9.17, 15) is 4.79 Å². The Hall–Kier alpha value is -1.30. The van der Waals surface area contributed by atoms with Gasteiger partial charge in [0, 0.05) is 0 Å². The lowest BCUT2D eigenvalue weighted by Gasteiger charge is -2.07. The number of halogens is 1. The molecule has 0 atom stereocenters. The summed E-state index contributed by atoms with van der Waals surface area (Å²) >= 11 is 3.16. The highest BCUT2D eigenvalue weighted by Crippen LogP contribution is 2.25. The predicted octanol–water partition coefficient (Wildman–Crippen LogP) is 1.22. The number of nitrogens with zero attached hydrogens (tertiary/aromatic N) is 1. The summed E-state index contributed by atoms with van der Waals surface area (Å²) < 4.78 is 9.97. The summed E-state index contributed by atoms with van der Waals surface area (Å²) in [5.41, 5.74) is 5.75. The number of esters is 1. The van der Waals surface area contributed by atoms with Gasteiger partial charge in [-0.15, -0.1) is 0 Å². The zero-order valence-corrected chi connectivity index (χ0v) is 9.29. The Kier molecular flexibility index (Phi) is 3.29. The molecule has 0 radical (unpaired) electrons. The minimum Gasteiger partial charge on any atom is -0.480 e. The van der Waals surface area contributed by atoms with Crippen molar-refractivity contribution in [2.45, 2.75) is 0 Å². The van der Waals surface area contributed by atoms with Crippen LogP contribution in [0.25, 0.3) is 0 Å². The third-order valence-electron chi connectivity index (χ3n) is 1.57. The van der Waals surface area contributed by atoms with Crippen LogP contribution < -0.4 is 10.5 Å². The van der Waals surface area contributed by atoms with Crippen molar-refractivity contribution in [3.05, 3.63) is 16.1 Å². The van der Waals surface area contributed by atoms with Crippen LogP contribution in [-0.2, 0) is 4.74 Å². The van der Waals surface area contributed by atoms with Gasteiger partial charge < -0.3 is 15.2 Å². The highest BCUT2D eigenvalue weighted by Gasteiger charge is 2.16. The quantitative estimate of drug-likeness (QED) is 0.810. The highest BCUT2D eigenvalue weighted by atomic mass is 79.9. The second kappa shape index (κ2) is 4.28. The third kappa shape index (κ3) is 1.95. The van der Waals surface area contributed by atoms with Gasteiger partial charge in [-0.2, -0.15) is 4.98 Å². The Labute approximate surface area is 89.3 Å². The Bertz CT molecular complexity index is 368. The molecular weight excluding hydrogens is 252 g/mol. The molecule has 14 heavy (non-hydrogen) atoms. The number of carbonyl (C=O) groups is 1. The lowest BCUT2D eigenvalue weighted by molar-refractivity contribution is 0.0596. The van der Waals surface area contributed by atoms with Gasteiger partial charge in [0.25, 0.3) is 0 Å². The summed E-state index contributed by atoms with van der Waals surface area (Å²) in [5, 5.41) is 0. The van der Waals surface area contributed by atoms with Crippen molar-refractivity contribution in [1.82, 2.24) is 4.98 Å². The summed E-state index contributed by atoms with van der Waals surface area (Å²) in [6.07, 6.45) is 0. The molecule has 1 aromatic heterocycles. The number of rotatable bonds is 2. The molecule has 2 N–H and O–H groups in total. The molecule has 0 bridgehead atoms. The van der Waals surface area contributed by atoms with Crippen LogP contribution in [0.1, 0.15) is 10.4 Å². The number of ether oxygens (including phenoxy) is 2. The summed E-state index contributed by atoms with van der Waals surface area (Å²) in [6, 6.07) is 1.51. The maximum absolute atomic E-state index is 11.3. The first kappa shape index (κ1) is 10.8. The molecular formula is C8H9BrN2O3. The van der Waals surface area contributed by atoms with Gasteiger partial charge in [0.2, 0.25) is 5.88 Å². The maximum atomic E-state index is 11.3. The Morgan fingerprint density at radius 2 is 2.21 bits per heavy atom. The molecule has 0 saturated heterocycles. The molecule has 1 heterocycles. The molecule has 76 valence electrons. The summed E-state index contributed by atoms with van der Waals surface area (Å²) in [5.74, 6) is -0.109. The number of hydrogen-bond acceptors (Lipinski definition) is 5. The molecule has 0 amide bonds. The average molecular weight is 261 g/mol. The molecule has 0 saturated carbocycles. The zero-order chi connectivity index (χ0) is 10.7. The summed E-state index contributed by atoms with van der Waals surface area (Å²) in [6.45, 7) is 0. The molecule has 0 fully saturated rings. The van der Waals surface area contributed by atoms with Gasteiger partial charge in [0.15, 0.2) is 0 Å². The largest absolute Gasteiger partial charge is 0.480 e. The van der Waals surface area contributed by atoms with Gasteiger partial charge in [-0.1, -0.05) is 0 Å². The van der Waals surface area contributed by atoms with Gasteiger partial charge in [0.05, 0.1) is 18.7 Å². The first-order valence-corrected chi connectivity index (χ1v) is 4.47. The van der Waals surface area contributed by atoms with Crippen LogP contribution in [0, 0.1) is 0 Å². The first-order valence-electron chi connectivity index (χ1n) is 3.68. The SMILES string of the molecule is COC(=O)c1cc(Br)c(N)nc1OC. The van der Waals surface area contributed by atoms with Crippen LogP contribution in [-0.4, -0.2) is 25.2 Å². The van der Waals surface area contributed by atoms with E-state index in [4.69, 9.17) is 10.5 Å². The Balaban J connectivity index is 3.27. The van der Waals surface area contributed by atoms with E-state index in [-0.39, 0.29) is 17.3 Å². The standard InChI is InChI=1S/C8H9BrN2O3/c1-13-7-4(8(12)14-2)3-5(9)6(10)11-7/h3H,1-2H3,(H2,10,11). The Morgan fingerprint density at radius 1 is 1.57 bits per heavy atom. The summed E-state index contributed by atoms with van der Waals surface area (Å²) in [7, 11) is 2.69. The molecule has 0 aliphatic heterocycles. The minimum absolute atomic E-state index is 0.151. The van der Waals surface area contributed by atoms with Crippen molar-refractivity contribution in [2.24, 2.45) is 0 Å². The molecule has 1 aromatic rings. The average Bonchev–Trinajstić information content (AvgIpc) is 2.20. The maximum Gasteiger partial charge on any atom is 0.343 e. The molecule has 6 heteroatoms. The van der Waals surface area contributed by atoms with E-state index in [2.05, 4.69) is 25.7 Å². The molecule has 0 aromatic carbocycles. The van der Waals surface area contributed by atoms with E-state index in [1.54, 1.807) is 0 Å². The second-order valence-corrected chi connectivity index (χ2v) is 3.26. The van der Waals surface area contributed by atoms with Crippen LogP contribution in [0.4, 0.5) is 5.82 Å². The number of nitrogen functional groups attached to an aromatic ring is 1. The van der Waals surface area contributed by atoms with Gasteiger partial charge in [0.1, 0.15) is 11.4 Å². The van der Waals surface area contributed by atoms with Crippen molar-refractivity contribution < 1.29 is 14.3 Å². The number of aromatic nitrogens is 1. The molecule has 1 rings (SSSR count). The van der Waals surface area contributed by atoms with Crippen LogP contribution in [0.5, 0.6) is 5.88 Å². The first-order chi connectivity index (χ1) is 6.60. The Morgan fingerprint density at radius 3 is 2.71 bits per heavy atom. The van der Waals surface area contributed by atoms with E-state index in [1.165, 1.54) is 20.3 Å². The van der Waals surface area contributed by atoms with Crippen molar-refractivity contribution in [3.8, 4) is 5.88 Å². The highest BCUT2D eigenvalue weighted by molar-refractivity contribution is 9.10. The van der Waals surface area contributed by atoms with E-state index < -0.39 is 5.97 Å². The molecule has 0 spiro atoms. The molecule has 5 nitrogen and oxygen atoms in total. The zero-order valence-electron chi connectivity index (χ0n) is 7.70.